The molecule has 1 saturated carbocycles. The number of fused-ring (bicyclic) bond motifs is 2. The Morgan fingerprint density at radius 2 is 1.88 bits per heavy atom. The van der Waals surface area contributed by atoms with Crippen molar-refractivity contribution in [2.24, 2.45) is 5.92 Å². The lowest BCUT2D eigenvalue weighted by molar-refractivity contribution is -0.192. The zero-order chi connectivity index (χ0) is 23.6. The Morgan fingerprint density at radius 3 is 2.55 bits per heavy atom. The number of halogens is 3. The van der Waals surface area contributed by atoms with Gasteiger partial charge in [-0.25, -0.2) is 4.79 Å². The number of likely N-dealkylation sites (tertiary alicyclic amines) is 1. The Kier molecular flexibility index (Phi) is 6.81. The zero-order valence-corrected chi connectivity index (χ0v) is 19.0. The van der Waals surface area contributed by atoms with Crippen molar-refractivity contribution >= 4 is 23.2 Å². The lowest BCUT2D eigenvalue weighted by Crippen LogP contribution is -2.68. The van der Waals surface area contributed by atoms with E-state index in [-0.39, 0.29) is 5.54 Å². The lowest BCUT2D eigenvalue weighted by Gasteiger charge is -2.61. The van der Waals surface area contributed by atoms with E-state index in [1.165, 1.54) is 35.3 Å². The molecule has 33 heavy (non-hydrogen) atoms. The Balaban J connectivity index is 0.000000325. The van der Waals surface area contributed by atoms with Gasteiger partial charge in [-0.15, -0.1) is 11.3 Å². The largest absolute Gasteiger partial charge is 0.490 e. The number of nitrogens with zero attached hydrogens (tertiary/aromatic N) is 2. The number of benzene rings is 1. The third-order valence-corrected chi connectivity index (χ3v) is 8.01. The summed E-state index contributed by atoms with van der Waals surface area (Å²) in [6.45, 7) is 3.46. The molecule has 1 aromatic heterocycles. The second kappa shape index (κ2) is 9.46. The maximum Gasteiger partial charge on any atom is 0.490 e. The minimum absolute atomic E-state index is 0.0279. The van der Waals surface area contributed by atoms with E-state index in [2.05, 4.69) is 51.6 Å². The molecule has 1 amide bonds. The monoisotopic (exact) mass is 480 g/mol. The minimum Gasteiger partial charge on any atom is -0.475 e. The predicted octanol–water partition coefficient (Wildman–Crippen LogP) is 4.67. The number of thiophene rings is 1. The van der Waals surface area contributed by atoms with Crippen LogP contribution in [-0.2, 0) is 28.1 Å². The molecular weight excluding hydrogens is 453 g/mol. The first-order chi connectivity index (χ1) is 15.7. The summed E-state index contributed by atoms with van der Waals surface area (Å²) < 4.78 is 31.7. The number of hydrogen-bond acceptors (Lipinski definition) is 4. The molecule has 2 unspecified atom stereocenters. The van der Waals surface area contributed by atoms with Crippen LogP contribution in [0.5, 0.6) is 0 Å². The molecule has 2 aromatic rings. The van der Waals surface area contributed by atoms with Crippen molar-refractivity contribution in [2.45, 2.75) is 50.4 Å². The molecule has 0 radical (unpaired) electrons. The third-order valence-electron chi connectivity index (χ3n) is 6.98. The summed E-state index contributed by atoms with van der Waals surface area (Å²) in [6, 6.07) is 13.0. The Bertz CT molecular complexity index is 994. The number of carboxylic acids is 1. The van der Waals surface area contributed by atoms with E-state index in [0.717, 1.165) is 32.5 Å². The van der Waals surface area contributed by atoms with E-state index in [4.69, 9.17) is 9.90 Å². The number of carboxylic acid groups (broad SMARTS) is 1. The van der Waals surface area contributed by atoms with Gasteiger partial charge in [-0.3, -0.25) is 9.69 Å². The molecule has 1 N–H and O–H groups in total. The quantitative estimate of drug-likeness (QED) is 0.694. The molecule has 178 valence electrons. The smallest absolute Gasteiger partial charge is 0.475 e. The van der Waals surface area contributed by atoms with E-state index in [9.17, 15) is 18.0 Å². The molecule has 0 spiro atoms. The summed E-state index contributed by atoms with van der Waals surface area (Å²) in [5.74, 6) is -1.79. The van der Waals surface area contributed by atoms with Crippen molar-refractivity contribution in [3.05, 3.63) is 57.8 Å². The lowest BCUT2D eigenvalue weighted by atomic mass is 9.61. The van der Waals surface area contributed by atoms with Gasteiger partial charge >= 0.3 is 12.1 Å². The van der Waals surface area contributed by atoms with Gasteiger partial charge in [-0.05, 0) is 41.8 Å². The summed E-state index contributed by atoms with van der Waals surface area (Å²) in [5.41, 5.74) is 2.74. The molecule has 3 heterocycles. The molecule has 1 aliphatic carbocycles. The topological polar surface area (TPSA) is 60.9 Å². The third kappa shape index (κ3) is 4.80. The van der Waals surface area contributed by atoms with Crippen LogP contribution in [0.4, 0.5) is 13.2 Å². The van der Waals surface area contributed by atoms with Crippen LogP contribution in [0.25, 0.3) is 0 Å². The Labute approximate surface area is 194 Å². The van der Waals surface area contributed by atoms with Crippen LogP contribution < -0.4 is 0 Å². The van der Waals surface area contributed by atoms with Crippen LogP contribution in [-0.4, -0.2) is 52.6 Å². The SMILES string of the molecule is O=C(CN1CCc2sccc2C1)N1CC2CCCCC21c1ccccc1.O=C(O)C(F)(F)F. The number of aliphatic carboxylic acids is 1. The van der Waals surface area contributed by atoms with Crippen molar-refractivity contribution in [3.63, 3.8) is 0 Å². The van der Waals surface area contributed by atoms with Crippen LogP contribution in [0.3, 0.4) is 0 Å². The fourth-order valence-corrected chi connectivity index (χ4v) is 6.29. The fraction of sp³-hybridized carbons (Fsp3) is 0.500. The highest BCUT2D eigenvalue weighted by Crippen LogP contribution is 2.53. The van der Waals surface area contributed by atoms with E-state index in [1.54, 1.807) is 0 Å². The van der Waals surface area contributed by atoms with E-state index < -0.39 is 12.1 Å². The van der Waals surface area contributed by atoms with Gasteiger partial charge in [0.05, 0.1) is 12.1 Å². The fourth-order valence-electron chi connectivity index (χ4n) is 5.40. The van der Waals surface area contributed by atoms with E-state index >= 15 is 0 Å². The molecule has 5 nitrogen and oxygen atoms in total. The number of hydrogen-bond donors (Lipinski definition) is 1. The predicted molar refractivity (Wildman–Crippen MR) is 119 cm³/mol. The maximum absolute atomic E-state index is 13.3. The number of amides is 1. The summed E-state index contributed by atoms with van der Waals surface area (Å²) in [5, 5.41) is 9.31. The van der Waals surface area contributed by atoms with Crippen LogP contribution >= 0.6 is 11.3 Å². The Morgan fingerprint density at radius 1 is 1.15 bits per heavy atom. The number of rotatable bonds is 3. The zero-order valence-electron chi connectivity index (χ0n) is 18.2. The molecule has 1 aromatic carbocycles. The first-order valence-electron chi connectivity index (χ1n) is 11.2. The van der Waals surface area contributed by atoms with Crippen molar-refractivity contribution in [3.8, 4) is 0 Å². The van der Waals surface area contributed by atoms with Gasteiger partial charge in [0.25, 0.3) is 0 Å². The molecule has 1 saturated heterocycles. The van der Waals surface area contributed by atoms with Gasteiger partial charge in [-0.2, -0.15) is 13.2 Å². The summed E-state index contributed by atoms with van der Waals surface area (Å²) in [7, 11) is 0. The molecule has 2 atom stereocenters. The highest BCUT2D eigenvalue weighted by molar-refractivity contribution is 7.10. The van der Waals surface area contributed by atoms with Crippen LogP contribution in [0.1, 0.15) is 41.7 Å². The van der Waals surface area contributed by atoms with Crippen LogP contribution in [0.2, 0.25) is 0 Å². The first kappa shape index (κ1) is 23.8. The maximum atomic E-state index is 13.3. The number of carbonyl (C=O) groups is 2. The first-order valence-corrected chi connectivity index (χ1v) is 12.0. The summed E-state index contributed by atoms with van der Waals surface area (Å²) in [6.07, 6.45) is 0.945. The average Bonchev–Trinajstić information content (AvgIpc) is 3.23. The van der Waals surface area contributed by atoms with Crippen LogP contribution in [0, 0.1) is 5.92 Å². The van der Waals surface area contributed by atoms with Crippen molar-refractivity contribution in [1.82, 2.24) is 9.80 Å². The Hall–Kier alpha value is -2.39. The van der Waals surface area contributed by atoms with Gasteiger partial charge in [0.15, 0.2) is 0 Å². The number of alkyl halides is 3. The second-order valence-corrected chi connectivity index (χ2v) is 9.87. The molecule has 9 heteroatoms. The molecule has 2 fully saturated rings. The number of carbonyl (C=O) groups excluding carboxylic acids is 1. The molecule has 3 aliphatic rings. The average molecular weight is 481 g/mol. The van der Waals surface area contributed by atoms with E-state index in [0.29, 0.717) is 18.4 Å². The van der Waals surface area contributed by atoms with Crippen molar-refractivity contribution in [1.29, 1.82) is 0 Å². The van der Waals surface area contributed by atoms with E-state index in [1.807, 2.05) is 11.3 Å². The normalized spacial score (nSPS) is 24.6. The van der Waals surface area contributed by atoms with Gasteiger partial charge in [0, 0.05) is 30.4 Å². The molecule has 0 bridgehead atoms. The highest BCUT2D eigenvalue weighted by atomic mass is 32.1. The second-order valence-electron chi connectivity index (χ2n) is 8.87. The van der Waals surface area contributed by atoms with Crippen molar-refractivity contribution in [2.75, 3.05) is 19.6 Å². The standard InChI is InChI=1S/C22H26N2OS.C2HF3O2/c25-21(16-23-12-9-20-17(14-23)10-13-26-20)24-15-19-8-4-5-11-22(19,24)18-6-2-1-3-7-18;3-2(4,5)1(6)7/h1-3,6-7,10,13,19H,4-5,8-9,11-12,14-16H2;(H,6,7). The summed E-state index contributed by atoms with van der Waals surface area (Å²) in [4.78, 5) is 28.2. The van der Waals surface area contributed by atoms with Crippen LogP contribution in [0.15, 0.2) is 41.8 Å². The summed E-state index contributed by atoms with van der Waals surface area (Å²) >= 11 is 1.86. The van der Waals surface area contributed by atoms with Crippen molar-refractivity contribution < 1.29 is 27.9 Å². The van der Waals surface area contributed by atoms with Gasteiger partial charge < -0.3 is 10.0 Å². The molecular formula is C24H27F3N2O3S. The van der Waals surface area contributed by atoms with Gasteiger partial charge in [0.2, 0.25) is 5.91 Å². The molecule has 5 rings (SSSR count). The van der Waals surface area contributed by atoms with Gasteiger partial charge in [-0.1, -0.05) is 43.2 Å². The molecule has 2 aliphatic heterocycles. The van der Waals surface area contributed by atoms with Gasteiger partial charge in [0.1, 0.15) is 0 Å². The minimum atomic E-state index is -5.08. The highest BCUT2D eigenvalue weighted by Gasteiger charge is 2.56.